The normalized spacial score (nSPS) is 20.7. The number of carbonyl (C=O) groups excluding carboxylic acids is 1. The number of aromatic nitrogens is 2. The molecular weight excluding hydrogens is 374 g/mol. The van der Waals surface area contributed by atoms with Crippen LogP contribution in [-0.2, 0) is 17.6 Å². The smallest absolute Gasteiger partial charge is 0.232 e. The fourth-order valence-electron chi connectivity index (χ4n) is 4.29. The van der Waals surface area contributed by atoms with Gasteiger partial charge < -0.3 is 4.90 Å². The summed E-state index contributed by atoms with van der Waals surface area (Å²) >= 11 is 3.44. The summed E-state index contributed by atoms with van der Waals surface area (Å²) in [7, 11) is 0. The quantitative estimate of drug-likeness (QED) is 0.537. The number of fused-ring (bicyclic) bond motifs is 3. The Balaban J connectivity index is 1.54. The van der Waals surface area contributed by atoms with Crippen LogP contribution in [0, 0.1) is 11.3 Å². The number of carbonyl (C=O) groups is 1. The Hall–Kier alpha value is -1.14. The third-order valence-corrected chi connectivity index (χ3v) is 8.21. The first-order valence-corrected chi connectivity index (χ1v) is 11.9. The van der Waals surface area contributed by atoms with Gasteiger partial charge in [0.25, 0.3) is 0 Å². The first-order valence-electron chi connectivity index (χ1n) is 10.1. The Morgan fingerprint density at radius 1 is 1.26 bits per heavy atom. The Morgan fingerprint density at radius 3 is 2.78 bits per heavy atom. The van der Waals surface area contributed by atoms with Gasteiger partial charge in [0.1, 0.15) is 16.2 Å². The Kier molecular flexibility index (Phi) is 5.48. The molecule has 2 aromatic rings. The zero-order valence-electron chi connectivity index (χ0n) is 16.6. The largest absolute Gasteiger partial charge is 0.342 e. The molecule has 1 atom stereocenters. The van der Waals surface area contributed by atoms with Crippen molar-refractivity contribution in [3.05, 3.63) is 16.8 Å². The number of rotatable bonds is 3. The predicted molar refractivity (Wildman–Crippen MR) is 114 cm³/mol. The van der Waals surface area contributed by atoms with E-state index in [4.69, 9.17) is 0 Å². The summed E-state index contributed by atoms with van der Waals surface area (Å²) in [5.74, 6) is 1.47. The standard InChI is InChI=1S/C21H29N3OS2/c1-21(2,3)14-7-8-15-16(11-14)27-20-18(15)19(22-13-23-20)26-12-17(25)24-9-5-4-6-10-24/h13-14H,4-12H2,1-3H3/t14-/m0/s1. The second kappa shape index (κ2) is 7.70. The van der Waals surface area contributed by atoms with Gasteiger partial charge in [0.05, 0.1) is 5.75 Å². The van der Waals surface area contributed by atoms with Crippen molar-refractivity contribution in [1.29, 1.82) is 0 Å². The maximum absolute atomic E-state index is 12.6. The summed E-state index contributed by atoms with van der Waals surface area (Å²) in [5.41, 5.74) is 1.79. The van der Waals surface area contributed by atoms with Gasteiger partial charge in [-0.1, -0.05) is 32.5 Å². The molecule has 1 amide bonds. The van der Waals surface area contributed by atoms with Gasteiger partial charge >= 0.3 is 0 Å². The van der Waals surface area contributed by atoms with Crippen LogP contribution in [0.5, 0.6) is 0 Å². The molecule has 2 aromatic heterocycles. The summed E-state index contributed by atoms with van der Waals surface area (Å²) in [6.07, 6.45) is 8.69. The molecule has 4 nitrogen and oxygen atoms in total. The molecule has 1 fully saturated rings. The topological polar surface area (TPSA) is 46.1 Å². The van der Waals surface area contributed by atoms with Crippen molar-refractivity contribution in [2.75, 3.05) is 18.8 Å². The minimum Gasteiger partial charge on any atom is -0.342 e. The van der Waals surface area contributed by atoms with Crippen LogP contribution in [0.25, 0.3) is 10.2 Å². The summed E-state index contributed by atoms with van der Waals surface area (Å²) < 4.78 is 0. The van der Waals surface area contributed by atoms with Crippen LogP contribution < -0.4 is 0 Å². The van der Waals surface area contributed by atoms with Crippen molar-refractivity contribution in [2.24, 2.45) is 11.3 Å². The minimum atomic E-state index is 0.253. The molecule has 0 radical (unpaired) electrons. The van der Waals surface area contributed by atoms with E-state index in [2.05, 4.69) is 30.7 Å². The van der Waals surface area contributed by atoms with Crippen molar-refractivity contribution in [2.45, 2.75) is 64.3 Å². The van der Waals surface area contributed by atoms with Crippen LogP contribution in [0.4, 0.5) is 0 Å². The number of thioether (sulfide) groups is 1. The Labute approximate surface area is 170 Å². The van der Waals surface area contributed by atoms with Crippen LogP contribution in [0.2, 0.25) is 0 Å². The molecule has 0 spiro atoms. The van der Waals surface area contributed by atoms with Crippen molar-refractivity contribution in [3.8, 4) is 0 Å². The lowest BCUT2D eigenvalue weighted by molar-refractivity contribution is -0.129. The molecule has 1 aliphatic carbocycles. The third kappa shape index (κ3) is 4.02. The highest BCUT2D eigenvalue weighted by Gasteiger charge is 2.31. The molecule has 27 heavy (non-hydrogen) atoms. The summed E-state index contributed by atoms with van der Waals surface area (Å²) in [6.45, 7) is 8.89. The van der Waals surface area contributed by atoms with Crippen molar-refractivity contribution in [3.63, 3.8) is 0 Å². The lowest BCUT2D eigenvalue weighted by atomic mass is 9.72. The molecular formula is C21H29N3OS2. The third-order valence-electron chi connectivity index (χ3n) is 6.08. The molecule has 0 aromatic carbocycles. The second-order valence-electron chi connectivity index (χ2n) is 8.90. The number of aryl methyl sites for hydroxylation is 1. The molecule has 1 saturated heterocycles. The molecule has 3 heterocycles. The minimum absolute atomic E-state index is 0.253. The van der Waals surface area contributed by atoms with Gasteiger partial charge in [0.2, 0.25) is 5.91 Å². The van der Waals surface area contributed by atoms with Crippen LogP contribution in [-0.4, -0.2) is 39.6 Å². The van der Waals surface area contributed by atoms with Gasteiger partial charge in [-0.3, -0.25) is 4.79 Å². The number of thiophene rings is 1. The van der Waals surface area contributed by atoms with Gasteiger partial charge in [-0.25, -0.2) is 9.97 Å². The van der Waals surface area contributed by atoms with Gasteiger partial charge in [0.15, 0.2) is 0 Å². The molecule has 0 bridgehead atoms. The number of amides is 1. The number of nitrogens with zero attached hydrogens (tertiary/aromatic N) is 3. The molecule has 146 valence electrons. The highest BCUT2D eigenvalue weighted by molar-refractivity contribution is 8.00. The Morgan fingerprint density at radius 2 is 2.04 bits per heavy atom. The molecule has 1 aliphatic heterocycles. The first kappa shape index (κ1) is 19.2. The van der Waals surface area contributed by atoms with Crippen molar-refractivity contribution in [1.82, 2.24) is 14.9 Å². The van der Waals surface area contributed by atoms with E-state index in [-0.39, 0.29) is 5.91 Å². The molecule has 0 unspecified atom stereocenters. The summed E-state index contributed by atoms with van der Waals surface area (Å²) in [4.78, 5) is 26.3. The van der Waals surface area contributed by atoms with E-state index in [0.717, 1.165) is 54.5 Å². The van der Waals surface area contributed by atoms with Crippen LogP contribution in [0.1, 0.15) is 56.9 Å². The zero-order chi connectivity index (χ0) is 19.0. The van der Waals surface area contributed by atoms with Crippen molar-refractivity contribution < 1.29 is 4.79 Å². The van der Waals surface area contributed by atoms with Crippen LogP contribution in [0.3, 0.4) is 0 Å². The highest BCUT2D eigenvalue weighted by Crippen LogP contribution is 2.44. The predicted octanol–water partition coefficient (Wildman–Crippen LogP) is 4.95. The van der Waals surface area contributed by atoms with E-state index in [1.807, 2.05) is 16.2 Å². The van der Waals surface area contributed by atoms with Gasteiger partial charge in [-0.2, -0.15) is 0 Å². The molecule has 0 saturated carbocycles. The monoisotopic (exact) mass is 403 g/mol. The van der Waals surface area contributed by atoms with Crippen LogP contribution in [0.15, 0.2) is 11.4 Å². The Bertz CT molecular complexity index is 834. The highest BCUT2D eigenvalue weighted by atomic mass is 32.2. The fourth-order valence-corrected chi connectivity index (χ4v) is 6.55. The second-order valence-corrected chi connectivity index (χ2v) is 10.9. The van der Waals surface area contributed by atoms with E-state index in [0.29, 0.717) is 11.2 Å². The number of piperidine rings is 1. The molecule has 2 aliphatic rings. The average Bonchev–Trinajstić information content (AvgIpc) is 3.04. The summed E-state index contributed by atoms with van der Waals surface area (Å²) in [6, 6.07) is 0. The molecule has 0 N–H and O–H groups in total. The maximum atomic E-state index is 12.6. The molecule has 6 heteroatoms. The number of hydrogen-bond acceptors (Lipinski definition) is 5. The SMILES string of the molecule is CC(C)(C)[C@H]1CCc2c(sc3ncnc(SCC(=O)N4CCCCC4)c23)C1. The number of likely N-dealkylation sites (tertiary alicyclic amines) is 1. The molecule has 4 rings (SSSR count). The first-order chi connectivity index (χ1) is 12.9. The van der Waals surface area contributed by atoms with E-state index in [1.165, 1.54) is 28.7 Å². The van der Waals surface area contributed by atoms with E-state index in [9.17, 15) is 4.79 Å². The van der Waals surface area contributed by atoms with E-state index in [1.54, 1.807) is 18.1 Å². The summed E-state index contributed by atoms with van der Waals surface area (Å²) in [5, 5.41) is 2.22. The van der Waals surface area contributed by atoms with Gasteiger partial charge in [0, 0.05) is 23.4 Å². The lowest BCUT2D eigenvalue weighted by Crippen LogP contribution is -2.36. The van der Waals surface area contributed by atoms with E-state index >= 15 is 0 Å². The maximum Gasteiger partial charge on any atom is 0.232 e. The fraction of sp³-hybridized carbons (Fsp3) is 0.667. The van der Waals surface area contributed by atoms with E-state index < -0.39 is 0 Å². The van der Waals surface area contributed by atoms with Crippen molar-refractivity contribution >= 4 is 39.2 Å². The zero-order valence-corrected chi connectivity index (χ0v) is 18.2. The number of hydrogen-bond donors (Lipinski definition) is 0. The van der Waals surface area contributed by atoms with Gasteiger partial charge in [-0.15, -0.1) is 11.3 Å². The average molecular weight is 404 g/mol. The lowest BCUT2D eigenvalue weighted by Gasteiger charge is -2.33. The van der Waals surface area contributed by atoms with Gasteiger partial charge in [-0.05, 0) is 55.4 Å². The van der Waals surface area contributed by atoms with Crippen LogP contribution >= 0.6 is 23.1 Å².